The fourth-order valence-corrected chi connectivity index (χ4v) is 3.19. The van der Waals surface area contributed by atoms with Crippen LogP contribution in [-0.2, 0) is 0 Å². The van der Waals surface area contributed by atoms with Crippen LogP contribution in [-0.4, -0.2) is 23.1 Å². The van der Waals surface area contributed by atoms with Crippen molar-refractivity contribution in [2.75, 3.05) is 13.1 Å². The molecule has 0 unspecified atom stereocenters. The molecule has 1 aliphatic rings. The van der Waals surface area contributed by atoms with Crippen LogP contribution in [0.15, 0.2) is 40.8 Å². The van der Waals surface area contributed by atoms with Gasteiger partial charge in [-0.3, -0.25) is 0 Å². The summed E-state index contributed by atoms with van der Waals surface area (Å²) in [5.41, 5.74) is 3.93. The first-order chi connectivity index (χ1) is 10.8. The number of nitrogens with zero attached hydrogens (tertiary/aromatic N) is 2. The van der Waals surface area contributed by atoms with Crippen molar-refractivity contribution < 1.29 is 4.42 Å². The quantitative estimate of drug-likeness (QED) is 0.783. The van der Waals surface area contributed by atoms with E-state index in [-0.39, 0.29) is 0 Å². The van der Waals surface area contributed by atoms with E-state index in [0.717, 1.165) is 59.9 Å². The number of furan rings is 1. The van der Waals surface area contributed by atoms with Gasteiger partial charge in [-0.1, -0.05) is 30.3 Å². The van der Waals surface area contributed by atoms with E-state index < -0.39 is 0 Å². The average Bonchev–Trinajstić information content (AvgIpc) is 2.99. The molecule has 0 amide bonds. The monoisotopic (exact) mass is 293 g/mol. The molecular formula is C18H19N3O. The molecule has 112 valence electrons. The van der Waals surface area contributed by atoms with Crippen molar-refractivity contribution in [2.45, 2.75) is 25.7 Å². The highest BCUT2D eigenvalue weighted by Gasteiger charge is 2.22. The highest BCUT2D eigenvalue weighted by atomic mass is 16.3. The molecule has 0 bridgehead atoms. The van der Waals surface area contributed by atoms with Gasteiger partial charge < -0.3 is 9.73 Å². The van der Waals surface area contributed by atoms with Crippen LogP contribution >= 0.6 is 0 Å². The Labute approximate surface area is 129 Å². The molecule has 0 spiro atoms. The summed E-state index contributed by atoms with van der Waals surface area (Å²) in [7, 11) is 0. The maximum Gasteiger partial charge on any atom is 0.175 e. The Balaban J connectivity index is 1.84. The highest BCUT2D eigenvalue weighted by Crippen LogP contribution is 2.34. The molecule has 1 saturated heterocycles. The van der Waals surface area contributed by atoms with Crippen LogP contribution in [0.2, 0.25) is 0 Å². The Kier molecular flexibility index (Phi) is 3.39. The smallest absolute Gasteiger partial charge is 0.175 e. The number of fused-ring (bicyclic) bond motifs is 1. The Morgan fingerprint density at radius 3 is 2.64 bits per heavy atom. The maximum atomic E-state index is 6.15. The van der Waals surface area contributed by atoms with Crippen molar-refractivity contribution in [2.24, 2.45) is 0 Å². The molecule has 1 fully saturated rings. The second kappa shape index (κ2) is 5.54. The molecule has 0 saturated carbocycles. The van der Waals surface area contributed by atoms with Gasteiger partial charge in [0.05, 0.1) is 5.69 Å². The molecule has 0 radical (unpaired) electrons. The van der Waals surface area contributed by atoms with Gasteiger partial charge in [-0.05, 0) is 32.9 Å². The van der Waals surface area contributed by atoms with Gasteiger partial charge in [0.15, 0.2) is 5.58 Å². The third kappa shape index (κ3) is 2.40. The summed E-state index contributed by atoms with van der Waals surface area (Å²) in [4.78, 5) is 9.26. The summed E-state index contributed by atoms with van der Waals surface area (Å²) in [5, 5.41) is 3.40. The summed E-state index contributed by atoms with van der Waals surface area (Å²) >= 11 is 0. The predicted octanol–water partition coefficient (Wildman–Crippen LogP) is 3.67. The van der Waals surface area contributed by atoms with E-state index in [9.17, 15) is 0 Å². The van der Waals surface area contributed by atoms with Gasteiger partial charge in [0.25, 0.3) is 0 Å². The Bertz CT molecular complexity index is 789. The molecule has 3 heterocycles. The zero-order valence-corrected chi connectivity index (χ0v) is 12.7. The highest BCUT2D eigenvalue weighted by molar-refractivity contribution is 5.81. The van der Waals surface area contributed by atoms with Gasteiger partial charge in [-0.2, -0.15) is 0 Å². The predicted molar refractivity (Wildman–Crippen MR) is 86.8 cm³/mol. The number of rotatable bonds is 2. The van der Waals surface area contributed by atoms with E-state index in [1.807, 2.05) is 31.2 Å². The second-order valence-corrected chi connectivity index (χ2v) is 5.87. The molecule has 1 N–H and O–H groups in total. The molecule has 0 aliphatic carbocycles. The zero-order chi connectivity index (χ0) is 14.9. The summed E-state index contributed by atoms with van der Waals surface area (Å²) in [5.74, 6) is 2.15. The number of nitrogens with one attached hydrogen (secondary N) is 1. The zero-order valence-electron chi connectivity index (χ0n) is 12.7. The number of aromatic nitrogens is 2. The lowest BCUT2D eigenvalue weighted by Gasteiger charge is -2.22. The van der Waals surface area contributed by atoms with Crippen LogP contribution in [0.5, 0.6) is 0 Å². The van der Waals surface area contributed by atoms with Crippen molar-refractivity contribution in [3.05, 3.63) is 47.9 Å². The molecule has 1 aliphatic heterocycles. The molecule has 4 rings (SSSR count). The van der Waals surface area contributed by atoms with E-state index in [2.05, 4.69) is 22.4 Å². The fourth-order valence-electron chi connectivity index (χ4n) is 3.19. The van der Waals surface area contributed by atoms with Crippen molar-refractivity contribution in [3.8, 4) is 11.3 Å². The maximum absolute atomic E-state index is 6.15. The third-order valence-electron chi connectivity index (χ3n) is 4.29. The van der Waals surface area contributed by atoms with Crippen LogP contribution in [0, 0.1) is 6.92 Å². The van der Waals surface area contributed by atoms with E-state index in [1.165, 1.54) is 0 Å². The van der Waals surface area contributed by atoms with Gasteiger partial charge >= 0.3 is 0 Å². The first-order valence-corrected chi connectivity index (χ1v) is 7.85. The van der Waals surface area contributed by atoms with Crippen molar-refractivity contribution >= 4 is 11.1 Å². The number of benzene rings is 1. The Hall–Kier alpha value is -2.20. The van der Waals surface area contributed by atoms with Gasteiger partial charge in [-0.15, -0.1) is 0 Å². The topological polar surface area (TPSA) is 51.0 Å². The van der Waals surface area contributed by atoms with Crippen molar-refractivity contribution in [1.29, 1.82) is 0 Å². The summed E-state index contributed by atoms with van der Waals surface area (Å²) in [6, 6.07) is 12.2. The molecule has 4 nitrogen and oxygen atoms in total. The summed E-state index contributed by atoms with van der Waals surface area (Å²) in [6.07, 6.45) is 2.21. The number of hydrogen-bond donors (Lipinski definition) is 1. The van der Waals surface area contributed by atoms with E-state index >= 15 is 0 Å². The first-order valence-electron chi connectivity index (χ1n) is 7.85. The van der Waals surface area contributed by atoms with Gasteiger partial charge in [0.1, 0.15) is 17.1 Å². The lowest BCUT2D eigenvalue weighted by molar-refractivity contribution is 0.449. The van der Waals surface area contributed by atoms with E-state index in [0.29, 0.717) is 5.92 Å². The second-order valence-electron chi connectivity index (χ2n) is 5.87. The minimum Gasteiger partial charge on any atom is -0.452 e. The molecule has 3 aromatic rings. The van der Waals surface area contributed by atoms with Crippen LogP contribution < -0.4 is 5.32 Å². The molecule has 0 atom stereocenters. The van der Waals surface area contributed by atoms with Crippen LogP contribution in [0.25, 0.3) is 22.4 Å². The van der Waals surface area contributed by atoms with E-state index in [1.54, 1.807) is 0 Å². The minimum atomic E-state index is 0.459. The molecule has 22 heavy (non-hydrogen) atoms. The largest absolute Gasteiger partial charge is 0.452 e. The first kappa shape index (κ1) is 13.5. The van der Waals surface area contributed by atoms with E-state index in [4.69, 9.17) is 9.40 Å². The number of hydrogen-bond acceptors (Lipinski definition) is 4. The number of aryl methyl sites for hydroxylation is 1. The van der Waals surface area contributed by atoms with Crippen LogP contribution in [0.3, 0.4) is 0 Å². The lowest BCUT2D eigenvalue weighted by Crippen LogP contribution is -2.27. The van der Waals surface area contributed by atoms with Gasteiger partial charge in [-0.25, -0.2) is 9.97 Å². The van der Waals surface area contributed by atoms with Gasteiger partial charge in [0, 0.05) is 17.5 Å². The molecular weight excluding hydrogens is 274 g/mol. The fraction of sp³-hybridized carbons (Fsp3) is 0.333. The summed E-state index contributed by atoms with van der Waals surface area (Å²) < 4.78 is 6.15. The van der Waals surface area contributed by atoms with Gasteiger partial charge in [0.2, 0.25) is 0 Å². The third-order valence-corrected chi connectivity index (χ3v) is 4.29. The summed E-state index contributed by atoms with van der Waals surface area (Å²) in [6.45, 7) is 4.04. The molecule has 2 aromatic heterocycles. The SMILES string of the molecule is Cc1nc(C2CCNCC2)c2oc(-c3ccccc3)cc2n1. The normalized spacial score (nSPS) is 16.2. The standard InChI is InChI=1S/C18H19N3O/c1-12-20-15-11-16(13-5-3-2-4-6-13)22-18(15)17(21-12)14-7-9-19-10-8-14/h2-6,11,14,19H,7-10H2,1H3. The Morgan fingerprint density at radius 1 is 1.09 bits per heavy atom. The van der Waals surface area contributed by atoms with Crippen LogP contribution in [0.1, 0.15) is 30.3 Å². The number of piperidine rings is 1. The minimum absolute atomic E-state index is 0.459. The lowest BCUT2D eigenvalue weighted by atomic mass is 9.94. The molecule has 1 aromatic carbocycles. The molecule has 4 heteroatoms. The Morgan fingerprint density at radius 2 is 1.86 bits per heavy atom. The van der Waals surface area contributed by atoms with Crippen molar-refractivity contribution in [1.82, 2.24) is 15.3 Å². The van der Waals surface area contributed by atoms with Crippen molar-refractivity contribution in [3.63, 3.8) is 0 Å². The average molecular weight is 293 g/mol. The van der Waals surface area contributed by atoms with Crippen LogP contribution in [0.4, 0.5) is 0 Å².